The van der Waals surface area contributed by atoms with Crippen LogP contribution in [0, 0.1) is 0 Å². The number of carbonyl (C=O) groups excluding carboxylic acids is 1. The molecule has 2 atom stereocenters. The van der Waals surface area contributed by atoms with Gasteiger partial charge in [-0.05, 0) is 31.9 Å². The van der Waals surface area contributed by atoms with Crippen molar-refractivity contribution in [3.05, 3.63) is 30.1 Å². The van der Waals surface area contributed by atoms with Gasteiger partial charge in [0.15, 0.2) is 0 Å². The van der Waals surface area contributed by atoms with Crippen LogP contribution in [0.25, 0.3) is 0 Å². The molecule has 1 aliphatic rings. The number of morpholine rings is 1. The van der Waals surface area contributed by atoms with Gasteiger partial charge in [0.1, 0.15) is 0 Å². The lowest BCUT2D eigenvalue weighted by Gasteiger charge is -2.36. The molecule has 0 unspecified atom stereocenters. The summed E-state index contributed by atoms with van der Waals surface area (Å²) in [5, 5.41) is 2.95. The van der Waals surface area contributed by atoms with E-state index in [-0.39, 0.29) is 18.2 Å². The summed E-state index contributed by atoms with van der Waals surface area (Å²) < 4.78 is 5.73. The first-order chi connectivity index (χ1) is 11.0. The van der Waals surface area contributed by atoms with E-state index < -0.39 is 0 Å². The molecule has 0 saturated carbocycles. The highest BCUT2D eigenvalue weighted by Gasteiger charge is 2.22. The van der Waals surface area contributed by atoms with Crippen LogP contribution in [0.15, 0.2) is 24.5 Å². The number of nitrogens with zero attached hydrogens (tertiary/aromatic N) is 3. The average molecular weight is 320 g/mol. The molecule has 6 heteroatoms. The van der Waals surface area contributed by atoms with E-state index in [1.54, 1.807) is 11.1 Å². The van der Waals surface area contributed by atoms with Crippen LogP contribution in [0.2, 0.25) is 0 Å². The molecular formula is C17H28N4O2. The minimum absolute atomic E-state index is 0.0248. The van der Waals surface area contributed by atoms with Crippen molar-refractivity contribution >= 4 is 6.03 Å². The van der Waals surface area contributed by atoms with Gasteiger partial charge in [0.2, 0.25) is 0 Å². The number of ether oxygens (including phenoxy) is 1. The zero-order chi connectivity index (χ0) is 16.7. The smallest absolute Gasteiger partial charge is 0.317 e. The fourth-order valence-corrected chi connectivity index (χ4v) is 2.85. The first kappa shape index (κ1) is 17.7. The second kappa shape index (κ2) is 8.84. The van der Waals surface area contributed by atoms with Crippen molar-refractivity contribution in [2.24, 2.45) is 0 Å². The Hall–Kier alpha value is -1.66. The monoisotopic (exact) mass is 320 g/mol. The number of hydrogen-bond donors (Lipinski definition) is 1. The summed E-state index contributed by atoms with van der Waals surface area (Å²) in [6.07, 6.45) is 4.90. The predicted molar refractivity (Wildman–Crippen MR) is 90.4 cm³/mol. The maximum Gasteiger partial charge on any atom is 0.317 e. The van der Waals surface area contributed by atoms with Crippen molar-refractivity contribution in [1.29, 1.82) is 0 Å². The quantitative estimate of drug-likeness (QED) is 0.860. The molecule has 6 nitrogen and oxygen atoms in total. The van der Waals surface area contributed by atoms with Gasteiger partial charge in [0, 0.05) is 52.2 Å². The number of hydrogen-bond acceptors (Lipinski definition) is 4. The first-order valence-corrected chi connectivity index (χ1v) is 8.30. The van der Waals surface area contributed by atoms with Crippen LogP contribution in [0.1, 0.15) is 19.4 Å². The molecule has 0 aliphatic carbocycles. The Kier molecular flexibility index (Phi) is 6.80. The van der Waals surface area contributed by atoms with Crippen molar-refractivity contribution < 1.29 is 9.53 Å². The molecule has 0 radical (unpaired) electrons. The normalized spacial score (nSPS) is 21.9. The van der Waals surface area contributed by atoms with E-state index in [9.17, 15) is 4.79 Å². The third-order valence-corrected chi connectivity index (χ3v) is 4.01. The molecular weight excluding hydrogens is 292 g/mol. The van der Waals surface area contributed by atoms with Crippen LogP contribution >= 0.6 is 0 Å². The van der Waals surface area contributed by atoms with Gasteiger partial charge in [0.05, 0.1) is 12.2 Å². The number of carbonyl (C=O) groups is 1. The fraction of sp³-hybridized carbons (Fsp3) is 0.647. The van der Waals surface area contributed by atoms with E-state index in [0.717, 1.165) is 38.2 Å². The van der Waals surface area contributed by atoms with E-state index in [1.165, 1.54) is 0 Å². The number of pyridine rings is 1. The molecule has 0 bridgehead atoms. The van der Waals surface area contributed by atoms with Gasteiger partial charge in [0.25, 0.3) is 0 Å². The lowest BCUT2D eigenvalue weighted by atomic mass is 10.2. The SMILES string of the molecule is C[C@@H]1CN(CCN(C)C(=O)NCCc2cccnc2)C[C@H](C)O1. The van der Waals surface area contributed by atoms with Crippen molar-refractivity contribution in [3.8, 4) is 0 Å². The summed E-state index contributed by atoms with van der Waals surface area (Å²) in [6, 6.07) is 3.90. The minimum Gasteiger partial charge on any atom is -0.373 e. The van der Waals surface area contributed by atoms with E-state index in [0.29, 0.717) is 6.54 Å². The Labute approximate surface area is 138 Å². The lowest BCUT2D eigenvalue weighted by molar-refractivity contribution is -0.0684. The zero-order valence-electron chi connectivity index (χ0n) is 14.4. The van der Waals surface area contributed by atoms with E-state index in [1.807, 2.05) is 25.4 Å². The highest BCUT2D eigenvalue weighted by molar-refractivity contribution is 5.73. The van der Waals surface area contributed by atoms with Gasteiger partial charge in [-0.15, -0.1) is 0 Å². The van der Waals surface area contributed by atoms with Gasteiger partial charge >= 0.3 is 6.03 Å². The van der Waals surface area contributed by atoms with E-state index in [4.69, 9.17) is 4.74 Å². The maximum absolute atomic E-state index is 12.1. The molecule has 1 fully saturated rings. The summed E-state index contributed by atoms with van der Waals surface area (Å²) in [4.78, 5) is 20.3. The van der Waals surface area contributed by atoms with Crippen molar-refractivity contribution in [3.63, 3.8) is 0 Å². The molecule has 2 amide bonds. The molecule has 0 aromatic carbocycles. The van der Waals surface area contributed by atoms with Gasteiger partial charge in [-0.1, -0.05) is 6.07 Å². The number of urea groups is 1. The van der Waals surface area contributed by atoms with Crippen molar-refractivity contribution in [2.75, 3.05) is 39.8 Å². The fourth-order valence-electron chi connectivity index (χ4n) is 2.85. The van der Waals surface area contributed by atoms with Crippen LogP contribution in [0.5, 0.6) is 0 Å². The Morgan fingerprint density at radius 2 is 2.17 bits per heavy atom. The lowest BCUT2D eigenvalue weighted by Crippen LogP contribution is -2.49. The highest BCUT2D eigenvalue weighted by Crippen LogP contribution is 2.10. The molecule has 2 rings (SSSR count). The molecule has 1 aliphatic heterocycles. The molecule has 1 N–H and O–H groups in total. The summed E-state index contributed by atoms with van der Waals surface area (Å²) in [6.45, 7) is 8.28. The number of aromatic nitrogens is 1. The second-order valence-corrected chi connectivity index (χ2v) is 6.28. The van der Waals surface area contributed by atoms with Gasteiger partial charge in [-0.25, -0.2) is 4.79 Å². The number of nitrogens with one attached hydrogen (secondary N) is 1. The maximum atomic E-state index is 12.1. The molecule has 2 heterocycles. The molecule has 1 aromatic heterocycles. The Balaban J connectivity index is 1.64. The summed E-state index contributed by atoms with van der Waals surface area (Å²) in [5.74, 6) is 0. The van der Waals surface area contributed by atoms with E-state index >= 15 is 0 Å². The van der Waals surface area contributed by atoms with Gasteiger partial charge in [-0.3, -0.25) is 9.88 Å². The molecule has 23 heavy (non-hydrogen) atoms. The van der Waals surface area contributed by atoms with Crippen molar-refractivity contribution in [2.45, 2.75) is 32.5 Å². The number of likely N-dealkylation sites (N-methyl/N-ethyl adjacent to an activating group) is 1. The average Bonchev–Trinajstić information content (AvgIpc) is 2.52. The Morgan fingerprint density at radius 1 is 1.43 bits per heavy atom. The van der Waals surface area contributed by atoms with Crippen LogP contribution in [-0.2, 0) is 11.2 Å². The molecule has 128 valence electrons. The van der Waals surface area contributed by atoms with Crippen molar-refractivity contribution in [1.82, 2.24) is 20.1 Å². The Morgan fingerprint density at radius 3 is 2.83 bits per heavy atom. The molecule has 1 aromatic rings. The largest absolute Gasteiger partial charge is 0.373 e. The van der Waals surface area contributed by atoms with Crippen LogP contribution in [0.3, 0.4) is 0 Å². The first-order valence-electron chi connectivity index (χ1n) is 8.30. The second-order valence-electron chi connectivity index (χ2n) is 6.28. The topological polar surface area (TPSA) is 57.7 Å². The van der Waals surface area contributed by atoms with Crippen LogP contribution < -0.4 is 5.32 Å². The third-order valence-electron chi connectivity index (χ3n) is 4.01. The predicted octanol–water partition coefficient (Wildman–Crippen LogP) is 1.37. The van der Waals surface area contributed by atoms with Gasteiger partial charge < -0.3 is 15.0 Å². The highest BCUT2D eigenvalue weighted by atomic mass is 16.5. The van der Waals surface area contributed by atoms with E-state index in [2.05, 4.69) is 29.0 Å². The van der Waals surface area contributed by atoms with Crippen LogP contribution in [-0.4, -0.2) is 72.8 Å². The zero-order valence-corrected chi connectivity index (χ0v) is 14.4. The number of rotatable bonds is 6. The van der Waals surface area contributed by atoms with Gasteiger partial charge in [-0.2, -0.15) is 0 Å². The summed E-state index contributed by atoms with van der Waals surface area (Å²) in [5.41, 5.74) is 1.13. The summed E-state index contributed by atoms with van der Waals surface area (Å²) >= 11 is 0. The minimum atomic E-state index is -0.0248. The standard InChI is InChI=1S/C17H28N4O2/c1-14-12-21(13-15(2)23-14)10-9-20(3)17(22)19-8-6-16-5-4-7-18-11-16/h4-5,7,11,14-15H,6,8-10,12-13H2,1-3H3,(H,19,22)/t14-,15+. The molecule has 0 spiro atoms. The third kappa shape index (κ3) is 6.15. The summed E-state index contributed by atoms with van der Waals surface area (Å²) in [7, 11) is 1.84. The molecule has 1 saturated heterocycles. The number of amides is 2. The Bertz CT molecular complexity index is 473. The van der Waals surface area contributed by atoms with Crippen LogP contribution in [0.4, 0.5) is 4.79 Å².